The zero-order chi connectivity index (χ0) is 17.6. The van der Waals surface area contributed by atoms with Gasteiger partial charge in [-0.1, -0.05) is 12.1 Å². The lowest BCUT2D eigenvalue weighted by atomic mass is 10.1. The number of hydrogen-bond acceptors (Lipinski definition) is 5. The van der Waals surface area contributed by atoms with Crippen LogP contribution in [0.4, 0.5) is 5.69 Å². The average Bonchev–Trinajstić information content (AvgIpc) is 2.55. The Balaban J connectivity index is 1.81. The van der Waals surface area contributed by atoms with Gasteiger partial charge in [0.15, 0.2) is 0 Å². The van der Waals surface area contributed by atoms with Crippen LogP contribution in [0.25, 0.3) is 0 Å². The fraction of sp³-hybridized carbons (Fsp3) is 0.133. The molecule has 0 saturated heterocycles. The van der Waals surface area contributed by atoms with Crippen molar-refractivity contribution in [3.63, 3.8) is 0 Å². The van der Waals surface area contributed by atoms with E-state index in [4.69, 9.17) is 5.14 Å². The highest BCUT2D eigenvalue weighted by Gasteiger charge is 2.13. The summed E-state index contributed by atoms with van der Waals surface area (Å²) in [5, 5.41) is 9.91. The molecule has 2 amide bonds. The first-order chi connectivity index (χ1) is 11.4. The molecule has 0 atom stereocenters. The SMILES string of the molecule is NS(=O)(=O)c1ccc(CCNC(=O)C(=O)Nc2cccnc2)cc1. The van der Waals surface area contributed by atoms with E-state index in [0.29, 0.717) is 12.1 Å². The molecule has 2 rings (SSSR count). The topological polar surface area (TPSA) is 131 Å². The van der Waals surface area contributed by atoms with Crippen molar-refractivity contribution in [2.75, 3.05) is 11.9 Å². The van der Waals surface area contributed by atoms with Crippen LogP contribution in [-0.4, -0.2) is 31.8 Å². The summed E-state index contributed by atoms with van der Waals surface area (Å²) in [6, 6.07) is 9.23. The van der Waals surface area contributed by atoms with Crippen LogP contribution in [0, 0.1) is 0 Å². The second kappa shape index (κ2) is 7.66. The van der Waals surface area contributed by atoms with Crippen LogP contribution in [0.15, 0.2) is 53.7 Å². The summed E-state index contributed by atoms with van der Waals surface area (Å²) in [4.78, 5) is 27.2. The van der Waals surface area contributed by atoms with Crippen molar-refractivity contribution in [1.82, 2.24) is 10.3 Å². The van der Waals surface area contributed by atoms with Crippen molar-refractivity contribution < 1.29 is 18.0 Å². The predicted molar refractivity (Wildman–Crippen MR) is 87.4 cm³/mol. The number of primary sulfonamides is 1. The first-order valence-corrected chi connectivity index (χ1v) is 8.52. The molecule has 4 N–H and O–H groups in total. The van der Waals surface area contributed by atoms with Gasteiger partial charge in [-0.2, -0.15) is 0 Å². The maximum atomic E-state index is 11.7. The lowest BCUT2D eigenvalue weighted by Gasteiger charge is -2.07. The molecule has 0 unspecified atom stereocenters. The largest absolute Gasteiger partial charge is 0.347 e. The number of nitrogens with one attached hydrogen (secondary N) is 2. The van der Waals surface area contributed by atoms with E-state index in [9.17, 15) is 18.0 Å². The van der Waals surface area contributed by atoms with Crippen LogP contribution in [-0.2, 0) is 26.0 Å². The van der Waals surface area contributed by atoms with Crippen LogP contribution >= 0.6 is 0 Å². The van der Waals surface area contributed by atoms with Crippen LogP contribution in [0.2, 0.25) is 0 Å². The summed E-state index contributed by atoms with van der Waals surface area (Å²) in [5.74, 6) is -1.55. The van der Waals surface area contributed by atoms with Gasteiger partial charge < -0.3 is 10.6 Å². The van der Waals surface area contributed by atoms with Crippen LogP contribution in [0.3, 0.4) is 0 Å². The smallest absolute Gasteiger partial charge is 0.313 e. The van der Waals surface area contributed by atoms with Crippen molar-refractivity contribution in [2.24, 2.45) is 5.14 Å². The monoisotopic (exact) mass is 348 g/mol. The molecule has 0 aliphatic carbocycles. The minimum atomic E-state index is -3.72. The van der Waals surface area contributed by atoms with Gasteiger partial charge in [-0.15, -0.1) is 0 Å². The van der Waals surface area contributed by atoms with E-state index < -0.39 is 21.8 Å². The summed E-state index contributed by atoms with van der Waals surface area (Å²) in [5.41, 5.74) is 1.23. The van der Waals surface area contributed by atoms with Crippen LogP contribution in [0.1, 0.15) is 5.56 Å². The summed E-state index contributed by atoms with van der Waals surface area (Å²) < 4.78 is 22.3. The molecule has 0 bridgehead atoms. The van der Waals surface area contributed by atoms with Gasteiger partial charge in [0.1, 0.15) is 0 Å². The van der Waals surface area contributed by atoms with E-state index in [1.807, 2.05) is 0 Å². The number of nitrogens with zero attached hydrogens (tertiary/aromatic N) is 1. The third kappa shape index (κ3) is 5.14. The van der Waals surface area contributed by atoms with Gasteiger partial charge in [0.2, 0.25) is 10.0 Å². The molecule has 1 aromatic carbocycles. The Bertz CT molecular complexity index is 820. The minimum absolute atomic E-state index is 0.0196. The summed E-state index contributed by atoms with van der Waals surface area (Å²) in [6.45, 7) is 0.230. The molecule has 0 aliphatic heterocycles. The van der Waals surface area contributed by atoms with Crippen LogP contribution < -0.4 is 15.8 Å². The van der Waals surface area contributed by atoms with Gasteiger partial charge >= 0.3 is 11.8 Å². The van der Waals surface area contributed by atoms with Gasteiger partial charge in [-0.25, -0.2) is 13.6 Å². The number of pyridine rings is 1. The fourth-order valence-corrected chi connectivity index (χ4v) is 2.39. The molecular weight excluding hydrogens is 332 g/mol. The summed E-state index contributed by atoms with van der Waals surface area (Å²) in [7, 11) is -3.72. The number of carbonyl (C=O) groups excluding carboxylic acids is 2. The molecule has 0 saturated carbocycles. The number of rotatable bonds is 5. The molecule has 126 valence electrons. The zero-order valence-corrected chi connectivity index (χ0v) is 13.4. The van der Waals surface area contributed by atoms with Crippen molar-refractivity contribution in [2.45, 2.75) is 11.3 Å². The molecule has 0 radical (unpaired) electrons. The fourth-order valence-electron chi connectivity index (χ4n) is 1.87. The number of anilines is 1. The van der Waals surface area contributed by atoms with E-state index >= 15 is 0 Å². The molecule has 24 heavy (non-hydrogen) atoms. The first-order valence-electron chi connectivity index (χ1n) is 6.97. The normalized spacial score (nSPS) is 10.9. The molecule has 0 spiro atoms. The highest BCUT2D eigenvalue weighted by molar-refractivity contribution is 7.89. The zero-order valence-electron chi connectivity index (χ0n) is 12.6. The molecule has 8 nitrogen and oxygen atoms in total. The maximum Gasteiger partial charge on any atom is 0.313 e. The molecular formula is C15H16N4O4S. The first kappa shape index (κ1) is 17.6. The Labute approximate surface area is 139 Å². The molecule has 1 aromatic heterocycles. The Kier molecular flexibility index (Phi) is 5.61. The summed E-state index contributed by atoms with van der Waals surface area (Å²) in [6.07, 6.45) is 3.42. The van der Waals surface area contributed by atoms with Gasteiger partial charge in [0, 0.05) is 12.7 Å². The Hall–Kier alpha value is -2.78. The van der Waals surface area contributed by atoms with Gasteiger partial charge in [-0.05, 0) is 36.2 Å². The molecule has 2 aromatic rings. The van der Waals surface area contributed by atoms with Crippen molar-refractivity contribution in [3.8, 4) is 0 Å². The highest BCUT2D eigenvalue weighted by Crippen LogP contribution is 2.09. The lowest BCUT2D eigenvalue weighted by molar-refractivity contribution is -0.136. The standard InChI is InChI=1S/C15H16N4O4S/c16-24(22,23)13-5-3-11(4-6-13)7-9-18-14(20)15(21)19-12-2-1-8-17-10-12/h1-6,8,10H,7,9H2,(H,18,20)(H,19,21)(H2,16,22,23). The Morgan fingerprint density at radius 1 is 1.08 bits per heavy atom. The lowest BCUT2D eigenvalue weighted by Crippen LogP contribution is -2.36. The Morgan fingerprint density at radius 3 is 2.38 bits per heavy atom. The molecule has 0 fully saturated rings. The molecule has 1 heterocycles. The number of sulfonamides is 1. The predicted octanol–water partition coefficient (Wildman–Crippen LogP) is 0.0264. The molecule has 9 heteroatoms. The van der Waals surface area contributed by atoms with Crippen molar-refractivity contribution in [1.29, 1.82) is 0 Å². The van der Waals surface area contributed by atoms with E-state index in [2.05, 4.69) is 15.6 Å². The Morgan fingerprint density at radius 2 is 1.79 bits per heavy atom. The van der Waals surface area contributed by atoms with E-state index in [-0.39, 0.29) is 11.4 Å². The average molecular weight is 348 g/mol. The quantitative estimate of drug-likeness (QED) is 0.656. The second-order valence-electron chi connectivity index (χ2n) is 4.89. The molecule has 0 aliphatic rings. The van der Waals surface area contributed by atoms with Crippen molar-refractivity contribution in [3.05, 3.63) is 54.4 Å². The van der Waals surface area contributed by atoms with Gasteiger partial charge in [-0.3, -0.25) is 14.6 Å². The van der Waals surface area contributed by atoms with Crippen LogP contribution in [0.5, 0.6) is 0 Å². The third-order valence-electron chi connectivity index (χ3n) is 3.08. The number of carbonyl (C=O) groups is 2. The third-order valence-corrected chi connectivity index (χ3v) is 4.01. The number of hydrogen-bond donors (Lipinski definition) is 3. The summed E-state index contributed by atoms with van der Waals surface area (Å²) >= 11 is 0. The van der Waals surface area contributed by atoms with E-state index in [0.717, 1.165) is 5.56 Å². The maximum absolute atomic E-state index is 11.7. The second-order valence-corrected chi connectivity index (χ2v) is 6.45. The van der Waals surface area contributed by atoms with E-state index in [1.54, 1.807) is 30.5 Å². The number of nitrogens with two attached hydrogens (primary N) is 1. The number of amides is 2. The minimum Gasteiger partial charge on any atom is -0.347 e. The highest BCUT2D eigenvalue weighted by atomic mass is 32.2. The van der Waals surface area contributed by atoms with Gasteiger partial charge in [0.05, 0.1) is 16.8 Å². The number of benzene rings is 1. The van der Waals surface area contributed by atoms with E-state index in [1.165, 1.54) is 18.3 Å². The number of aromatic nitrogens is 1. The van der Waals surface area contributed by atoms with Gasteiger partial charge in [0.25, 0.3) is 0 Å². The van der Waals surface area contributed by atoms with Crippen molar-refractivity contribution >= 4 is 27.5 Å².